The molecule has 22 heavy (non-hydrogen) atoms. The largest absolute Gasteiger partial charge is 0.466 e. The molecule has 7 nitrogen and oxygen atoms in total. The molecule has 1 unspecified atom stereocenters. The number of hydrogen-bond acceptors (Lipinski definition) is 6. The zero-order chi connectivity index (χ0) is 16.8. The summed E-state index contributed by atoms with van der Waals surface area (Å²) in [5.74, 6) is -0.518. The minimum atomic E-state index is -1.10. The number of ether oxygens (including phenoxy) is 2. The second-order valence-electron chi connectivity index (χ2n) is 5.61. The van der Waals surface area contributed by atoms with Gasteiger partial charge in [-0.25, -0.2) is 4.79 Å². The van der Waals surface area contributed by atoms with Gasteiger partial charge < -0.3 is 14.6 Å². The first-order valence-electron chi connectivity index (χ1n) is 7.00. The molecule has 0 spiro atoms. The Hall–Kier alpha value is -2.15. The Kier molecular flexibility index (Phi) is 6.30. The normalized spacial score (nSPS) is 12.4. The van der Waals surface area contributed by atoms with Crippen LogP contribution in [0, 0.1) is 0 Å². The molecule has 1 amide bonds. The van der Waals surface area contributed by atoms with Gasteiger partial charge in [-0.15, -0.1) is 0 Å². The second kappa shape index (κ2) is 7.74. The van der Waals surface area contributed by atoms with Gasteiger partial charge in [0.2, 0.25) is 0 Å². The number of aliphatic hydroxyl groups excluding tert-OH is 1. The van der Waals surface area contributed by atoms with Crippen molar-refractivity contribution in [2.24, 2.45) is 0 Å². The Morgan fingerprint density at radius 2 is 2.09 bits per heavy atom. The number of nitrogens with zero attached hydrogens (tertiary/aromatic N) is 1. The zero-order valence-electron chi connectivity index (χ0n) is 13.3. The summed E-state index contributed by atoms with van der Waals surface area (Å²) in [4.78, 5) is 27.1. The van der Waals surface area contributed by atoms with Crippen LogP contribution in [0.1, 0.15) is 45.8 Å². The van der Waals surface area contributed by atoms with Crippen molar-refractivity contribution in [3.05, 3.63) is 24.0 Å². The molecule has 1 aromatic heterocycles. The molecule has 0 aliphatic rings. The van der Waals surface area contributed by atoms with Crippen LogP contribution in [0.15, 0.2) is 18.5 Å². The molecule has 0 aromatic carbocycles. The first kappa shape index (κ1) is 17.9. The second-order valence-corrected chi connectivity index (χ2v) is 5.61. The van der Waals surface area contributed by atoms with E-state index in [1.807, 2.05) is 0 Å². The Labute approximate surface area is 129 Å². The highest BCUT2D eigenvalue weighted by molar-refractivity contribution is 5.86. The number of anilines is 1. The fourth-order valence-corrected chi connectivity index (χ4v) is 1.70. The SMILES string of the molecule is CCOC(=O)CC(O)c1ccncc1NC(=O)OC(C)(C)C. The van der Waals surface area contributed by atoms with E-state index < -0.39 is 23.8 Å². The van der Waals surface area contributed by atoms with E-state index in [9.17, 15) is 14.7 Å². The van der Waals surface area contributed by atoms with Crippen molar-refractivity contribution >= 4 is 17.7 Å². The monoisotopic (exact) mass is 310 g/mol. The van der Waals surface area contributed by atoms with Crippen LogP contribution in [0.4, 0.5) is 10.5 Å². The molecule has 122 valence electrons. The lowest BCUT2D eigenvalue weighted by atomic mass is 10.1. The highest BCUT2D eigenvalue weighted by Gasteiger charge is 2.21. The zero-order valence-corrected chi connectivity index (χ0v) is 13.3. The van der Waals surface area contributed by atoms with Crippen LogP contribution in [-0.2, 0) is 14.3 Å². The number of aromatic nitrogens is 1. The van der Waals surface area contributed by atoms with Crippen molar-refractivity contribution in [1.82, 2.24) is 4.98 Å². The summed E-state index contributed by atoms with van der Waals surface area (Å²) in [5, 5.41) is 12.6. The maximum atomic E-state index is 11.8. The maximum absolute atomic E-state index is 11.8. The van der Waals surface area contributed by atoms with Crippen molar-refractivity contribution in [2.45, 2.75) is 45.8 Å². The summed E-state index contributed by atoms with van der Waals surface area (Å²) in [5.41, 5.74) is 0.0122. The van der Waals surface area contributed by atoms with Gasteiger partial charge in [-0.1, -0.05) is 0 Å². The molecule has 0 radical (unpaired) electrons. The highest BCUT2D eigenvalue weighted by atomic mass is 16.6. The summed E-state index contributed by atoms with van der Waals surface area (Å²) in [7, 11) is 0. The third-order valence-electron chi connectivity index (χ3n) is 2.51. The number of esters is 1. The van der Waals surface area contributed by atoms with E-state index in [4.69, 9.17) is 9.47 Å². The predicted octanol–water partition coefficient (Wildman–Crippen LogP) is 2.42. The van der Waals surface area contributed by atoms with E-state index in [0.717, 1.165) is 0 Å². The number of carbonyl (C=O) groups is 2. The number of pyridine rings is 1. The highest BCUT2D eigenvalue weighted by Crippen LogP contribution is 2.25. The Morgan fingerprint density at radius 3 is 2.68 bits per heavy atom. The van der Waals surface area contributed by atoms with Gasteiger partial charge in [0.1, 0.15) is 5.60 Å². The molecule has 0 bridgehead atoms. The first-order valence-corrected chi connectivity index (χ1v) is 7.00. The van der Waals surface area contributed by atoms with E-state index >= 15 is 0 Å². The van der Waals surface area contributed by atoms with Crippen molar-refractivity contribution in [3.63, 3.8) is 0 Å². The van der Waals surface area contributed by atoms with Crippen molar-refractivity contribution in [2.75, 3.05) is 11.9 Å². The molecule has 1 aromatic rings. The number of aliphatic hydroxyl groups is 1. The quantitative estimate of drug-likeness (QED) is 0.810. The summed E-state index contributed by atoms with van der Waals surface area (Å²) < 4.78 is 9.94. The first-order chi connectivity index (χ1) is 10.2. The van der Waals surface area contributed by atoms with Gasteiger partial charge in [0, 0.05) is 11.8 Å². The van der Waals surface area contributed by atoms with Gasteiger partial charge in [-0.2, -0.15) is 0 Å². The molecule has 1 atom stereocenters. The van der Waals surface area contributed by atoms with Gasteiger partial charge in [0.15, 0.2) is 0 Å². The van der Waals surface area contributed by atoms with Gasteiger partial charge in [0.05, 0.1) is 31.0 Å². The molecule has 1 heterocycles. The number of carbonyl (C=O) groups excluding carboxylic acids is 2. The molecule has 0 aliphatic carbocycles. The molecule has 0 fully saturated rings. The standard InChI is InChI=1S/C15H22N2O5/c1-5-21-13(19)8-12(18)10-6-7-16-9-11(10)17-14(20)22-15(2,3)4/h6-7,9,12,18H,5,8H2,1-4H3,(H,17,20). The van der Waals surface area contributed by atoms with Crippen molar-refractivity contribution in [3.8, 4) is 0 Å². The number of hydrogen-bond donors (Lipinski definition) is 2. The average molecular weight is 310 g/mol. The van der Waals surface area contributed by atoms with Crippen LogP contribution >= 0.6 is 0 Å². The molecule has 1 rings (SSSR count). The fraction of sp³-hybridized carbons (Fsp3) is 0.533. The van der Waals surface area contributed by atoms with Crippen LogP contribution in [0.3, 0.4) is 0 Å². The summed E-state index contributed by atoms with van der Waals surface area (Å²) in [6.07, 6.45) is 0.871. The van der Waals surface area contributed by atoms with Gasteiger partial charge >= 0.3 is 12.1 Å². The molecular formula is C15H22N2O5. The van der Waals surface area contributed by atoms with Gasteiger partial charge in [-0.3, -0.25) is 15.1 Å². The van der Waals surface area contributed by atoms with Gasteiger partial charge in [0.25, 0.3) is 0 Å². The lowest BCUT2D eigenvalue weighted by Gasteiger charge is -2.21. The average Bonchev–Trinajstić information content (AvgIpc) is 2.37. The van der Waals surface area contributed by atoms with E-state index in [1.54, 1.807) is 27.7 Å². The van der Waals surface area contributed by atoms with Crippen LogP contribution in [0.25, 0.3) is 0 Å². The summed E-state index contributed by atoms with van der Waals surface area (Å²) >= 11 is 0. The van der Waals surface area contributed by atoms with Crippen LogP contribution in [0.2, 0.25) is 0 Å². The molecule has 0 saturated carbocycles. The van der Waals surface area contributed by atoms with Crippen molar-refractivity contribution in [1.29, 1.82) is 0 Å². The van der Waals surface area contributed by atoms with E-state index in [1.165, 1.54) is 18.5 Å². The molecule has 0 saturated heterocycles. The minimum Gasteiger partial charge on any atom is -0.466 e. The number of rotatable bonds is 5. The molecular weight excluding hydrogens is 288 g/mol. The lowest BCUT2D eigenvalue weighted by Crippen LogP contribution is -2.27. The number of nitrogens with one attached hydrogen (secondary N) is 1. The molecule has 2 N–H and O–H groups in total. The predicted molar refractivity (Wildman–Crippen MR) is 80.3 cm³/mol. The third kappa shape index (κ3) is 6.09. The van der Waals surface area contributed by atoms with E-state index in [0.29, 0.717) is 5.56 Å². The summed E-state index contributed by atoms with van der Waals surface area (Å²) in [6, 6.07) is 1.52. The fourth-order valence-electron chi connectivity index (χ4n) is 1.70. The van der Waals surface area contributed by atoms with E-state index in [2.05, 4.69) is 10.3 Å². The van der Waals surface area contributed by atoms with Crippen LogP contribution in [-0.4, -0.2) is 34.4 Å². The van der Waals surface area contributed by atoms with Crippen molar-refractivity contribution < 1.29 is 24.2 Å². The maximum Gasteiger partial charge on any atom is 0.412 e. The third-order valence-corrected chi connectivity index (χ3v) is 2.51. The topological polar surface area (TPSA) is 97.8 Å². The Morgan fingerprint density at radius 1 is 1.41 bits per heavy atom. The Bertz CT molecular complexity index is 525. The van der Waals surface area contributed by atoms with E-state index in [-0.39, 0.29) is 18.7 Å². The van der Waals surface area contributed by atoms with Crippen LogP contribution < -0.4 is 5.32 Å². The number of amides is 1. The Balaban J connectivity index is 2.81. The minimum absolute atomic E-state index is 0.207. The van der Waals surface area contributed by atoms with Gasteiger partial charge in [-0.05, 0) is 33.8 Å². The van der Waals surface area contributed by atoms with Crippen LogP contribution in [0.5, 0.6) is 0 Å². The summed E-state index contributed by atoms with van der Waals surface area (Å²) in [6.45, 7) is 7.15. The lowest BCUT2D eigenvalue weighted by molar-refractivity contribution is -0.145. The molecule has 7 heteroatoms. The smallest absolute Gasteiger partial charge is 0.412 e. The molecule has 0 aliphatic heterocycles.